The monoisotopic (exact) mass is 445 g/mol. The summed E-state index contributed by atoms with van der Waals surface area (Å²) in [4.78, 5) is 12.2. The van der Waals surface area contributed by atoms with E-state index in [0.717, 1.165) is 16.7 Å². The molecule has 0 aromatic heterocycles. The van der Waals surface area contributed by atoms with Gasteiger partial charge in [-0.3, -0.25) is 4.79 Å². The number of carbonyl (C=O) groups is 1. The van der Waals surface area contributed by atoms with Gasteiger partial charge < -0.3 is 10.6 Å². The first-order chi connectivity index (χ1) is 14.7. The minimum Gasteiger partial charge on any atom is -0.323 e. The van der Waals surface area contributed by atoms with Gasteiger partial charge in [0.2, 0.25) is 5.91 Å². The Morgan fingerprint density at radius 1 is 1.16 bits per heavy atom. The van der Waals surface area contributed by atoms with Crippen LogP contribution < -0.4 is 5.73 Å². The van der Waals surface area contributed by atoms with Gasteiger partial charge in [0.05, 0.1) is 30.2 Å². The first-order valence-corrected chi connectivity index (χ1v) is 11.8. The molecule has 1 heterocycles. The SMILES string of the molecule is CC(C)S(=O)(=O)Cc1ccc(-c2ccccc2)cc1.N#CC1CC(F)CN1C(=O)CN. The lowest BCUT2D eigenvalue weighted by molar-refractivity contribution is -0.129. The maximum absolute atomic E-state index is 12.7. The van der Waals surface area contributed by atoms with Crippen LogP contribution in [0.15, 0.2) is 54.6 Å². The quantitative estimate of drug-likeness (QED) is 0.762. The third kappa shape index (κ3) is 6.88. The Kier molecular flexibility index (Phi) is 8.72. The summed E-state index contributed by atoms with van der Waals surface area (Å²) >= 11 is 0. The Balaban J connectivity index is 0.000000245. The highest BCUT2D eigenvalue weighted by atomic mass is 32.2. The third-order valence-electron chi connectivity index (χ3n) is 5.04. The Hall–Kier alpha value is -2.76. The standard InChI is InChI=1S/C16H18O2S.C7H10FN3O/c1-13(2)19(17,18)12-14-8-10-16(11-9-14)15-6-4-3-5-7-15;8-5-1-6(2-9)11(4-5)7(12)3-10/h3-11,13H,12H2,1-2H3;5-6H,1,3-4,10H2. The number of likely N-dealkylation sites (tertiary alicyclic amines) is 1. The Morgan fingerprint density at radius 2 is 1.74 bits per heavy atom. The molecule has 6 nitrogen and oxygen atoms in total. The molecular formula is C23H28FN3O3S. The largest absolute Gasteiger partial charge is 0.323 e. The average Bonchev–Trinajstić information content (AvgIpc) is 3.15. The molecule has 2 aromatic rings. The smallest absolute Gasteiger partial charge is 0.237 e. The number of rotatable bonds is 5. The second-order valence-electron chi connectivity index (χ2n) is 7.65. The Bertz CT molecular complexity index is 1000. The van der Waals surface area contributed by atoms with Crippen LogP contribution in [0.4, 0.5) is 4.39 Å². The van der Waals surface area contributed by atoms with Crippen LogP contribution in [0, 0.1) is 11.3 Å². The van der Waals surface area contributed by atoms with Crippen LogP contribution in [-0.4, -0.2) is 49.8 Å². The zero-order valence-electron chi connectivity index (χ0n) is 17.7. The van der Waals surface area contributed by atoms with Crippen molar-refractivity contribution < 1.29 is 17.6 Å². The van der Waals surface area contributed by atoms with Crippen molar-refractivity contribution in [3.05, 3.63) is 60.2 Å². The van der Waals surface area contributed by atoms with Crippen molar-refractivity contribution in [3.8, 4) is 17.2 Å². The van der Waals surface area contributed by atoms with E-state index in [2.05, 4.69) is 0 Å². The van der Waals surface area contributed by atoms with E-state index in [1.54, 1.807) is 13.8 Å². The van der Waals surface area contributed by atoms with Crippen LogP contribution in [-0.2, 0) is 20.4 Å². The highest BCUT2D eigenvalue weighted by Gasteiger charge is 2.34. The van der Waals surface area contributed by atoms with E-state index < -0.39 is 22.1 Å². The lowest BCUT2D eigenvalue weighted by Gasteiger charge is -2.17. The van der Waals surface area contributed by atoms with E-state index in [1.165, 1.54) is 4.90 Å². The molecule has 2 aromatic carbocycles. The predicted octanol–water partition coefficient (Wildman–Crippen LogP) is 3.08. The zero-order valence-corrected chi connectivity index (χ0v) is 18.6. The fourth-order valence-corrected chi connectivity index (χ4v) is 4.11. The summed E-state index contributed by atoms with van der Waals surface area (Å²) in [7, 11) is -3.03. The molecule has 0 radical (unpaired) electrons. The molecule has 1 fully saturated rings. The molecule has 0 spiro atoms. The third-order valence-corrected chi connectivity index (χ3v) is 7.21. The highest BCUT2D eigenvalue weighted by Crippen LogP contribution is 2.21. The fraction of sp³-hybridized carbons (Fsp3) is 0.391. The molecule has 8 heteroatoms. The lowest BCUT2D eigenvalue weighted by Crippen LogP contribution is -2.39. The van der Waals surface area contributed by atoms with Crippen molar-refractivity contribution in [2.75, 3.05) is 13.1 Å². The summed E-state index contributed by atoms with van der Waals surface area (Å²) < 4.78 is 36.4. The van der Waals surface area contributed by atoms with Crippen LogP contribution in [0.2, 0.25) is 0 Å². The minimum absolute atomic E-state index is 0.00819. The van der Waals surface area contributed by atoms with Crippen molar-refractivity contribution in [1.82, 2.24) is 4.90 Å². The van der Waals surface area contributed by atoms with Gasteiger partial charge >= 0.3 is 0 Å². The molecule has 1 aliphatic rings. The molecule has 2 unspecified atom stereocenters. The number of benzene rings is 2. The summed E-state index contributed by atoms with van der Waals surface area (Å²) in [5.74, 6) is -0.249. The van der Waals surface area contributed by atoms with Gasteiger partial charge in [-0.2, -0.15) is 5.26 Å². The maximum Gasteiger partial charge on any atom is 0.237 e. The van der Waals surface area contributed by atoms with Crippen molar-refractivity contribution >= 4 is 15.7 Å². The number of nitriles is 1. The Morgan fingerprint density at radius 3 is 2.26 bits per heavy atom. The first kappa shape index (κ1) is 24.5. The van der Waals surface area contributed by atoms with Crippen LogP contribution in [0.3, 0.4) is 0 Å². The first-order valence-electron chi connectivity index (χ1n) is 10.1. The summed E-state index contributed by atoms with van der Waals surface area (Å²) in [5.41, 5.74) is 8.17. The van der Waals surface area contributed by atoms with Gasteiger partial charge in [-0.1, -0.05) is 54.6 Å². The second-order valence-corrected chi connectivity index (χ2v) is 10.2. The highest BCUT2D eigenvalue weighted by molar-refractivity contribution is 7.91. The van der Waals surface area contributed by atoms with Gasteiger partial charge in [-0.05, 0) is 30.5 Å². The number of hydrogen-bond acceptors (Lipinski definition) is 5. The number of nitrogens with two attached hydrogens (primary N) is 1. The normalized spacial score (nSPS) is 18.3. The number of nitrogens with zero attached hydrogens (tertiary/aromatic N) is 2. The van der Waals surface area contributed by atoms with E-state index in [4.69, 9.17) is 11.0 Å². The summed E-state index contributed by atoms with van der Waals surface area (Å²) in [5, 5.41) is 8.22. The molecule has 31 heavy (non-hydrogen) atoms. The average molecular weight is 446 g/mol. The summed E-state index contributed by atoms with van der Waals surface area (Å²) in [6, 6.07) is 19.0. The summed E-state index contributed by atoms with van der Waals surface area (Å²) in [6.07, 6.45) is -0.965. The van der Waals surface area contributed by atoms with E-state index in [9.17, 15) is 17.6 Å². The van der Waals surface area contributed by atoms with Gasteiger partial charge in [0.1, 0.15) is 12.2 Å². The lowest BCUT2D eigenvalue weighted by atomic mass is 10.0. The number of carbonyl (C=O) groups excluding carboxylic acids is 1. The van der Waals surface area contributed by atoms with Gasteiger partial charge in [-0.25, -0.2) is 12.8 Å². The van der Waals surface area contributed by atoms with Gasteiger partial charge in [0.15, 0.2) is 9.84 Å². The molecule has 2 N–H and O–H groups in total. The molecular weight excluding hydrogens is 417 g/mol. The molecule has 166 valence electrons. The molecule has 0 bridgehead atoms. The molecule has 2 atom stereocenters. The van der Waals surface area contributed by atoms with Crippen LogP contribution in [0.25, 0.3) is 11.1 Å². The fourth-order valence-electron chi connectivity index (χ4n) is 3.12. The number of amides is 1. The topological polar surface area (TPSA) is 104 Å². The van der Waals surface area contributed by atoms with Crippen molar-refractivity contribution in [2.45, 2.75) is 43.5 Å². The van der Waals surface area contributed by atoms with Crippen LogP contribution >= 0.6 is 0 Å². The number of hydrogen-bond donors (Lipinski definition) is 1. The molecule has 1 aliphatic heterocycles. The number of halogens is 1. The Labute approximate surface area is 183 Å². The molecule has 3 rings (SSSR count). The van der Waals surface area contributed by atoms with Crippen molar-refractivity contribution in [1.29, 1.82) is 5.26 Å². The number of alkyl halides is 1. The summed E-state index contributed by atoms with van der Waals surface area (Å²) in [6.45, 7) is 3.28. The van der Waals surface area contributed by atoms with Gasteiger partial charge in [0, 0.05) is 6.42 Å². The van der Waals surface area contributed by atoms with Gasteiger partial charge in [-0.15, -0.1) is 0 Å². The van der Waals surface area contributed by atoms with Crippen molar-refractivity contribution in [3.63, 3.8) is 0 Å². The van der Waals surface area contributed by atoms with E-state index in [0.29, 0.717) is 0 Å². The molecule has 1 saturated heterocycles. The van der Waals surface area contributed by atoms with E-state index in [1.807, 2.05) is 60.7 Å². The van der Waals surface area contributed by atoms with E-state index in [-0.39, 0.29) is 36.4 Å². The molecule has 1 amide bonds. The minimum atomic E-state index is -3.03. The maximum atomic E-state index is 12.7. The molecule has 0 aliphatic carbocycles. The number of sulfone groups is 1. The van der Waals surface area contributed by atoms with Crippen LogP contribution in [0.1, 0.15) is 25.8 Å². The molecule has 0 saturated carbocycles. The van der Waals surface area contributed by atoms with Crippen molar-refractivity contribution in [2.24, 2.45) is 5.73 Å². The van der Waals surface area contributed by atoms with E-state index >= 15 is 0 Å². The van der Waals surface area contributed by atoms with Gasteiger partial charge in [0.25, 0.3) is 0 Å². The zero-order chi connectivity index (χ0) is 23.0. The van der Waals surface area contributed by atoms with Crippen LogP contribution in [0.5, 0.6) is 0 Å². The second kappa shape index (κ2) is 11.0. The predicted molar refractivity (Wildman–Crippen MR) is 119 cm³/mol.